The Kier molecular flexibility index (Phi) is 5.22. The van der Waals surface area contributed by atoms with Gasteiger partial charge < -0.3 is 14.8 Å². The number of amides is 2. The maximum atomic E-state index is 14.3. The van der Waals surface area contributed by atoms with Crippen LogP contribution in [0.15, 0.2) is 29.5 Å². The molecule has 1 aliphatic heterocycles. The second-order valence-corrected chi connectivity index (χ2v) is 6.25. The highest BCUT2D eigenvalue weighted by Crippen LogP contribution is 2.39. The molecule has 140 valence electrons. The highest BCUT2D eigenvalue weighted by Gasteiger charge is 2.43. The van der Waals surface area contributed by atoms with E-state index in [9.17, 15) is 18.4 Å². The van der Waals surface area contributed by atoms with Crippen LogP contribution in [-0.2, 0) is 14.3 Å². The SMILES string of the molecule is COCCOC(=O)C1=C(C)N(C2CC2)C(=O)N[C@H]1c1c(F)cccc1F. The van der Waals surface area contributed by atoms with Crippen molar-refractivity contribution in [1.29, 1.82) is 0 Å². The van der Waals surface area contributed by atoms with Crippen molar-refractivity contribution in [3.63, 3.8) is 0 Å². The number of hydrogen-bond donors (Lipinski definition) is 1. The molecule has 1 heterocycles. The normalized spacial score (nSPS) is 20.2. The summed E-state index contributed by atoms with van der Waals surface area (Å²) in [6.07, 6.45) is 1.63. The number of nitrogens with zero attached hydrogens (tertiary/aromatic N) is 1. The van der Waals surface area contributed by atoms with Gasteiger partial charge in [0.05, 0.1) is 23.8 Å². The van der Waals surface area contributed by atoms with Crippen molar-refractivity contribution in [2.24, 2.45) is 0 Å². The molecule has 0 unspecified atom stereocenters. The zero-order chi connectivity index (χ0) is 18.8. The molecule has 1 N–H and O–H groups in total. The monoisotopic (exact) mass is 366 g/mol. The van der Waals surface area contributed by atoms with E-state index in [4.69, 9.17) is 9.47 Å². The molecular formula is C18H20F2N2O4. The maximum Gasteiger partial charge on any atom is 0.338 e. The third-order valence-corrected chi connectivity index (χ3v) is 4.47. The highest BCUT2D eigenvalue weighted by molar-refractivity contribution is 5.95. The Morgan fingerprint density at radius 1 is 1.27 bits per heavy atom. The summed E-state index contributed by atoms with van der Waals surface area (Å²) in [7, 11) is 1.46. The van der Waals surface area contributed by atoms with Crippen molar-refractivity contribution in [3.8, 4) is 0 Å². The van der Waals surface area contributed by atoms with Crippen LogP contribution in [-0.4, -0.2) is 43.3 Å². The van der Waals surface area contributed by atoms with E-state index in [2.05, 4.69) is 5.32 Å². The van der Waals surface area contributed by atoms with Crippen molar-refractivity contribution in [2.75, 3.05) is 20.3 Å². The standard InChI is InChI=1S/C18H20F2N2O4/c1-10-14(17(23)26-9-8-25-2)16(15-12(19)4-3-5-13(15)20)21-18(24)22(10)11-6-7-11/h3-5,11,16H,6-9H2,1-2H3,(H,21,24)/t16-/m1/s1. The number of urea groups is 1. The topological polar surface area (TPSA) is 67.9 Å². The van der Waals surface area contributed by atoms with Crippen LogP contribution in [0.2, 0.25) is 0 Å². The van der Waals surface area contributed by atoms with Crippen molar-refractivity contribution < 1.29 is 27.8 Å². The van der Waals surface area contributed by atoms with Crippen LogP contribution in [0.25, 0.3) is 0 Å². The molecule has 1 aromatic rings. The summed E-state index contributed by atoms with van der Waals surface area (Å²) in [5.41, 5.74) is -0.00254. The molecular weight excluding hydrogens is 346 g/mol. The number of carbonyl (C=O) groups excluding carboxylic acids is 2. The molecule has 2 amide bonds. The molecule has 1 aliphatic carbocycles. The van der Waals surface area contributed by atoms with Gasteiger partial charge in [-0.25, -0.2) is 18.4 Å². The van der Waals surface area contributed by atoms with Gasteiger partial charge in [-0.1, -0.05) is 6.07 Å². The van der Waals surface area contributed by atoms with E-state index in [0.29, 0.717) is 5.70 Å². The van der Waals surface area contributed by atoms with Gasteiger partial charge in [-0.15, -0.1) is 0 Å². The lowest BCUT2D eigenvalue weighted by Crippen LogP contribution is -2.49. The number of carbonyl (C=O) groups is 2. The number of methoxy groups -OCH3 is 1. The third kappa shape index (κ3) is 3.41. The largest absolute Gasteiger partial charge is 0.460 e. The zero-order valence-electron chi connectivity index (χ0n) is 14.6. The molecule has 6 nitrogen and oxygen atoms in total. The number of allylic oxidation sites excluding steroid dienone is 1. The summed E-state index contributed by atoms with van der Waals surface area (Å²) in [6, 6.07) is 1.65. The molecule has 26 heavy (non-hydrogen) atoms. The number of hydrogen-bond acceptors (Lipinski definition) is 4. The summed E-state index contributed by atoms with van der Waals surface area (Å²) in [4.78, 5) is 26.6. The summed E-state index contributed by atoms with van der Waals surface area (Å²) >= 11 is 0. The van der Waals surface area contributed by atoms with Gasteiger partial charge in [-0.2, -0.15) is 0 Å². The first-order valence-corrected chi connectivity index (χ1v) is 8.36. The Hall–Kier alpha value is -2.48. The highest BCUT2D eigenvalue weighted by atomic mass is 19.1. The molecule has 0 spiro atoms. The summed E-state index contributed by atoms with van der Waals surface area (Å²) in [6.45, 7) is 1.78. The lowest BCUT2D eigenvalue weighted by Gasteiger charge is -2.35. The number of benzene rings is 1. The Bertz CT molecular complexity index is 741. The van der Waals surface area contributed by atoms with Crippen molar-refractivity contribution >= 4 is 12.0 Å². The van der Waals surface area contributed by atoms with Gasteiger partial charge in [0.15, 0.2) is 0 Å². The van der Waals surface area contributed by atoms with Gasteiger partial charge in [-0.05, 0) is 31.9 Å². The Morgan fingerprint density at radius 2 is 1.92 bits per heavy atom. The number of esters is 1. The predicted molar refractivity (Wildman–Crippen MR) is 88.0 cm³/mol. The molecule has 0 bridgehead atoms. The smallest absolute Gasteiger partial charge is 0.338 e. The number of rotatable bonds is 6. The van der Waals surface area contributed by atoms with Crippen molar-refractivity contribution in [3.05, 3.63) is 46.7 Å². The molecule has 1 atom stereocenters. The Morgan fingerprint density at radius 3 is 2.50 bits per heavy atom. The van der Waals surface area contributed by atoms with Crippen LogP contribution in [0.5, 0.6) is 0 Å². The molecule has 0 radical (unpaired) electrons. The van der Waals surface area contributed by atoms with E-state index in [1.165, 1.54) is 18.1 Å². The van der Waals surface area contributed by atoms with Gasteiger partial charge >= 0.3 is 12.0 Å². The van der Waals surface area contributed by atoms with E-state index in [1.807, 2.05) is 0 Å². The van der Waals surface area contributed by atoms with Gasteiger partial charge in [0.1, 0.15) is 18.2 Å². The summed E-state index contributed by atoms with van der Waals surface area (Å²) in [5.74, 6) is -2.42. The lowest BCUT2D eigenvalue weighted by molar-refractivity contribution is -0.140. The van der Waals surface area contributed by atoms with Crippen molar-refractivity contribution in [2.45, 2.75) is 31.8 Å². The van der Waals surface area contributed by atoms with E-state index < -0.39 is 29.7 Å². The second kappa shape index (κ2) is 7.41. The van der Waals surface area contributed by atoms with Gasteiger partial charge in [0.25, 0.3) is 0 Å². The van der Waals surface area contributed by atoms with Crippen LogP contribution in [0, 0.1) is 11.6 Å². The molecule has 2 aliphatic rings. The van der Waals surface area contributed by atoms with E-state index in [0.717, 1.165) is 25.0 Å². The van der Waals surface area contributed by atoms with E-state index in [-0.39, 0.29) is 30.4 Å². The molecule has 3 rings (SSSR count). The Balaban J connectivity index is 2.03. The van der Waals surface area contributed by atoms with Crippen LogP contribution >= 0.6 is 0 Å². The minimum atomic E-state index is -1.26. The van der Waals surface area contributed by atoms with E-state index >= 15 is 0 Å². The maximum absolute atomic E-state index is 14.3. The molecule has 8 heteroatoms. The second-order valence-electron chi connectivity index (χ2n) is 6.25. The number of halogens is 2. The zero-order valence-corrected chi connectivity index (χ0v) is 14.6. The first-order valence-electron chi connectivity index (χ1n) is 8.36. The first-order chi connectivity index (χ1) is 12.5. The van der Waals surface area contributed by atoms with Crippen LogP contribution in [0.1, 0.15) is 31.4 Å². The van der Waals surface area contributed by atoms with Gasteiger partial charge in [0, 0.05) is 18.8 Å². The minimum absolute atomic E-state index is 0.00401. The predicted octanol–water partition coefficient (Wildman–Crippen LogP) is 2.66. The quantitative estimate of drug-likeness (QED) is 0.621. The Labute approximate surface area is 149 Å². The lowest BCUT2D eigenvalue weighted by atomic mass is 9.94. The van der Waals surface area contributed by atoms with Crippen molar-refractivity contribution in [1.82, 2.24) is 10.2 Å². The fraction of sp³-hybridized carbons (Fsp3) is 0.444. The fourth-order valence-electron chi connectivity index (χ4n) is 3.09. The minimum Gasteiger partial charge on any atom is -0.460 e. The molecule has 0 aromatic heterocycles. The van der Waals surface area contributed by atoms with Crippen LogP contribution in [0.4, 0.5) is 13.6 Å². The number of nitrogens with one attached hydrogen (secondary N) is 1. The molecule has 1 fully saturated rings. The molecule has 0 saturated heterocycles. The number of ether oxygens (including phenoxy) is 2. The van der Waals surface area contributed by atoms with Crippen LogP contribution < -0.4 is 5.32 Å². The summed E-state index contributed by atoms with van der Waals surface area (Å²) < 4.78 is 38.6. The molecule has 1 saturated carbocycles. The fourth-order valence-corrected chi connectivity index (χ4v) is 3.09. The van der Waals surface area contributed by atoms with Gasteiger partial charge in [-0.3, -0.25) is 4.90 Å². The van der Waals surface area contributed by atoms with Crippen LogP contribution in [0.3, 0.4) is 0 Å². The average molecular weight is 366 g/mol. The molecule has 1 aromatic carbocycles. The van der Waals surface area contributed by atoms with Gasteiger partial charge in [0.2, 0.25) is 0 Å². The first kappa shape index (κ1) is 18.3. The van der Waals surface area contributed by atoms with E-state index in [1.54, 1.807) is 6.92 Å². The summed E-state index contributed by atoms with van der Waals surface area (Å²) in [5, 5.41) is 2.55. The third-order valence-electron chi connectivity index (χ3n) is 4.47. The average Bonchev–Trinajstić information content (AvgIpc) is 3.39.